The van der Waals surface area contributed by atoms with Crippen LogP contribution in [0.1, 0.15) is 131 Å². The van der Waals surface area contributed by atoms with Crippen molar-refractivity contribution < 1.29 is 147 Å². The number of carboxylic acids is 1. The molecule has 14 N–H and O–H groups in total. The third-order valence-corrected chi connectivity index (χ3v) is 17.9. The fraction of sp³-hybridized carbons (Fsp3) is 0.594. The first-order valence-corrected chi connectivity index (χ1v) is 43.7. The molecule has 0 saturated heterocycles. The molecule has 51 nitrogen and oxygen atoms in total. The van der Waals surface area contributed by atoms with E-state index in [1.807, 2.05) is 41.3 Å². The predicted molar refractivity (Wildman–Crippen MR) is 440 cm³/mol. The molecule has 0 spiro atoms. The number of hydrogen-bond acceptors (Lipinski definition) is 42. The number of carbonyl (C=O) groups excluding carboxylic acids is 8. The summed E-state index contributed by atoms with van der Waals surface area (Å²) >= 11 is 0. The molecular weight excluding hydrogens is 1730 g/mol. The molecule has 0 aliphatic rings. The van der Waals surface area contributed by atoms with E-state index in [0.717, 1.165) is 0 Å². The van der Waals surface area contributed by atoms with Crippen LogP contribution in [0.15, 0.2) is 50.6 Å². The lowest BCUT2D eigenvalue weighted by atomic mass is 9.98. The van der Waals surface area contributed by atoms with Crippen molar-refractivity contribution >= 4 is 148 Å². The predicted octanol–water partition coefficient (Wildman–Crippen LogP) is 5.85. The summed E-state index contributed by atoms with van der Waals surface area (Å²) in [6.45, 7) is 32.5. The number of nitrogens with two attached hydrogens (primary N) is 4. The van der Waals surface area contributed by atoms with Gasteiger partial charge < -0.3 is 118 Å². The zero-order chi connectivity index (χ0) is 95.2. The molecule has 0 aliphatic carbocycles. The Morgan fingerprint density at radius 3 is 0.960 bits per heavy atom. The smallest absolute Gasteiger partial charge is 0.373 e. The number of aliphatic carboxylic acids is 1. The van der Waals surface area contributed by atoms with Crippen LogP contribution in [0.3, 0.4) is 0 Å². The molecule has 8 aromatic rings. The SMILES string of the molecule is C=O.C=O.CC(C)(C)C(=O)O.CC(C)(C)C(=O)OCOP(=O)(COCCn1cnc2c(N)ncnc21)OCOC(=O)C(C)(C)C.CC(C)CC(=O)OCOP(=O)(CO[C@H](C)Cn1cnc2c(N)ncnc21)OCOC(=O)CC(C)C.CC(C)O.C[C@H](Cn1cnc2c(N)ncnc21)OCP(=O)(O)O.Nc1ncnc2c1ncn2CCOCP(=O)(O)O.O=C=O. The first-order valence-electron chi connectivity index (χ1n) is 36.7. The molecule has 0 bridgehead atoms. The van der Waals surface area contributed by atoms with Crippen LogP contribution in [0, 0.1) is 28.1 Å². The van der Waals surface area contributed by atoms with E-state index in [2.05, 4.69) is 59.8 Å². The second-order valence-electron chi connectivity index (χ2n) is 29.5. The van der Waals surface area contributed by atoms with Crippen molar-refractivity contribution in [2.45, 2.75) is 175 Å². The number of aliphatic hydroxyl groups is 1. The van der Waals surface area contributed by atoms with Crippen molar-refractivity contribution in [1.29, 1.82) is 0 Å². The Morgan fingerprint density at radius 1 is 0.427 bits per heavy atom. The number of anilines is 4. The topological polar surface area (TPSA) is 733 Å². The molecule has 696 valence electrons. The standard InChI is InChI=1S/C21H34N5O8P.C20H32N5O8P.C9H14N5O4P.C8H12N5O4P.C5H10O2.C3H8O.CO2.2CH2O/c1-14(2)6-17(27)30-11-33-35(29,34-12-31-18(28)7-15(3)4)13-32-16(5)8-26-10-25-19-20(22)23-9-24-21(19)26;1-19(2,3)17(26)30-11-32-34(28,33-12-31-18(27)20(4,5)6)13-29-8-7-25-10-24-14-15(21)22-9-23-16(14)25;1-6(18-5-19(15,16)17)2-14-4-13-7-8(10)11-3-12-9(7)14;9-7-6-8(11-3-10-7)13(4-12-6)1-2-17-5-18(14,15)16;1-5(2,3)4(6)7;1-3(2)4;2-1-3;2*1-2/h9-10,14-16H,6-8,11-13H2,1-5H3,(H2,22,23,24);9-10H,7-8,11-13H2,1-6H3,(H2,21,22,23);3-4,6H,2,5H2,1H3,(H2,10,11,12)(H2,15,16,17);3-4H,1-2,5H2,(H2,9,10,11)(H2,14,15,16);1-3H3,(H,6,7);3-4H,1-2H3;;2*1H2/t16-;;6-;;;;;;/m1.1....../s1. The molecule has 124 heavy (non-hydrogen) atoms. The molecule has 8 rings (SSSR count). The van der Waals surface area contributed by atoms with Gasteiger partial charge in [0.25, 0.3) is 0 Å². The van der Waals surface area contributed by atoms with Crippen LogP contribution in [-0.4, -0.2) is 242 Å². The van der Waals surface area contributed by atoms with E-state index in [9.17, 15) is 42.2 Å². The summed E-state index contributed by atoms with van der Waals surface area (Å²) in [4.78, 5) is 173. The molecule has 0 saturated carbocycles. The normalized spacial score (nSPS) is 12.0. The largest absolute Gasteiger partial charge is 0.481 e. The van der Waals surface area contributed by atoms with Crippen molar-refractivity contribution in [2.24, 2.45) is 28.1 Å². The van der Waals surface area contributed by atoms with Gasteiger partial charge in [-0.05, 0) is 102 Å². The minimum atomic E-state index is -4.16. The minimum Gasteiger partial charge on any atom is -0.481 e. The van der Waals surface area contributed by atoms with Crippen molar-refractivity contribution in [2.75, 3.05) is 88.7 Å². The van der Waals surface area contributed by atoms with Gasteiger partial charge in [0.2, 0.25) is 27.2 Å². The molecule has 0 aliphatic heterocycles. The maximum atomic E-state index is 13.2. The number of esters is 4. The molecule has 2 atom stereocenters. The monoisotopic (exact) mass is 1840 g/mol. The van der Waals surface area contributed by atoms with Gasteiger partial charge in [0, 0.05) is 32.0 Å². The van der Waals surface area contributed by atoms with E-state index < -0.39 is 141 Å². The average molecular weight is 1840 g/mol. The van der Waals surface area contributed by atoms with Crippen molar-refractivity contribution in [3.63, 3.8) is 0 Å². The number of rotatable bonds is 36. The van der Waals surface area contributed by atoms with Gasteiger partial charge in [-0.25, -0.2) is 59.8 Å². The van der Waals surface area contributed by atoms with Crippen LogP contribution in [0.5, 0.6) is 0 Å². The fourth-order valence-corrected chi connectivity index (χ4v) is 11.0. The summed E-state index contributed by atoms with van der Waals surface area (Å²) in [5, 5.41) is 16.3. The van der Waals surface area contributed by atoms with Crippen molar-refractivity contribution in [3.05, 3.63) is 50.6 Å². The number of ether oxygens (including phenoxy) is 8. The number of imidazole rings is 4. The summed E-state index contributed by atoms with van der Waals surface area (Å²) in [5.41, 5.74) is 24.8. The first-order chi connectivity index (χ1) is 57.6. The molecule has 8 aromatic heterocycles. The Balaban J connectivity index is 0.00000156. The van der Waals surface area contributed by atoms with Crippen LogP contribution in [0.2, 0.25) is 0 Å². The van der Waals surface area contributed by atoms with Crippen molar-refractivity contribution in [1.82, 2.24) is 78.1 Å². The van der Waals surface area contributed by atoms with Gasteiger partial charge in [0.15, 0.2) is 45.9 Å². The van der Waals surface area contributed by atoms with E-state index in [-0.39, 0.29) is 73.4 Å². The maximum absolute atomic E-state index is 13.2. The first kappa shape index (κ1) is 114. The third kappa shape index (κ3) is 46.6. The van der Waals surface area contributed by atoms with E-state index in [0.29, 0.717) is 70.8 Å². The summed E-state index contributed by atoms with van der Waals surface area (Å²) in [7, 11) is -16.2. The Morgan fingerprint density at radius 2 is 0.685 bits per heavy atom. The highest BCUT2D eigenvalue weighted by atomic mass is 31.2. The zero-order valence-corrected chi connectivity index (χ0v) is 75.5. The van der Waals surface area contributed by atoms with Gasteiger partial charge in [-0.3, -0.25) is 60.3 Å². The average Bonchev–Trinajstić information content (AvgIpc) is 1.69. The Labute approximate surface area is 712 Å². The number of nitrogen functional groups attached to an aromatic ring is 4. The lowest BCUT2D eigenvalue weighted by Crippen LogP contribution is -2.25. The second kappa shape index (κ2) is 56.0. The highest BCUT2D eigenvalue weighted by molar-refractivity contribution is 7.54. The zero-order valence-electron chi connectivity index (χ0n) is 71.9. The molecule has 0 radical (unpaired) electrons. The van der Waals surface area contributed by atoms with E-state index in [4.69, 9.17) is 128 Å². The molecule has 0 unspecified atom stereocenters. The number of carbonyl (C=O) groups is 7. The quantitative estimate of drug-likeness (QED) is 0.00723. The van der Waals surface area contributed by atoms with E-state index in [1.165, 1.54) is 44.3 Å². The second-order valence-corrected chi connectivity index (χ2v) is 36.7. The van der Waals surface area contributed by atoms with Gasteiger partial charge in [-0.1, -0.05) is 27.7 Å². The van der Waals surface area contributed by atoms with Gasteiger partial charge in [-0.2, -0.15) is 9.59 Å². The molecule has 0 aromatic carbocycles. The molecule has 0 amide bonds. The molecule has 0 fully saturated rings. The number of carboxylic acid groups (broad SMARTS) is 1. The third-order valence-electron chi connectivity index (χ3n) is 14.0. The minimum absolute atomic E-state index is 0.0926. The van der Waals surface area contributed by atoms with E-state index in [1.54, 1.807) is 115 Å². The fourth-order valence-electron chi connectivity index (χ4n) is 8.08. The van der Waals surface area contributed by atoms with Crippen LogP contribution in [0.25, 0.3) is 44.7 Å². The van der Waals surface area contributed by atoms with Crippen LogP contribution in [0.4, 0.5) is 23.3 Å². The van der Waals surface area contributed by atoms with Crippen molar-refractivity contribution in [3.8, 4) is 0 Å². The number of fused-ring (bicyclic) bond motifs is 4. The highest BCUT2D eigenvalue weighted by Gasteiger charge is 2.32. The van der Waals surface area contributed by atoms with Gasteiger partial charge >= 0.3 is 66.4 Å². The number of hydrogen-bond donors (Lipinski definition) is 10. The number of aliphatic hydroxyl groups excluding tert-OH is 1. The molecule has 55 heteroatoms. The number of aromatic nitrogens is 16. The molecular formula is C69H114N20O31P4. The lowest BCUT2D eigenvalue weighted by molar-refractivity contribution is -0.192. The van der Waals surface area contributed by atoms with Crippen LogP contribution < -0.4 is 22.9 Å². The summed E-state index contributed by atoms with van der Waals surface area (Å²) in [6.07, 6.45) is 8.86. The lowest BCUT2D eigenvalue weighted by Gasteiger charge is -2.22. The Bertz CT molecular complexity index is 4730. The summed E-state index contributed by atoms with van der Waals surface area (Å²) < 4.78 is 116. The van der Waals surface area contributed by atoms with Gasteiger partial charge in [0.1, 0.15) is 86.3 Å². The highest BCUT2D eigenvalue weighted by Crippen LogP contribution is 2.49. The summed E-state index contributed by atoms with van der Waals surface area (Å²) in [6, 6.07) is 0. The van der Waals surface area contributed by atoms with E-state index >= 15 is 0 Å². The number of nitrogens with zero attached hydrogens (tertiary/aromatic N) is 16. The maximum Gasteiger partial charge on any atom is 0.373 e. The van der Waals surface area contributed by atoms with Crippen LogP contribution in [-0.2, 0) is 144 Å². The summed E-state index contributed by atoms with van der Waals surface area (Å²) in [5.74, 6) is -1.59. The Hall–Kier alpha value is -10.1. The molecule has 8 heterocycles. The van der Waals surface area contributed by atoms with Gasteiger partial charge in [0.05, 0.1) is 80.1 Å². The van der Waals surface area contributed by atoms with Crippen LogP contribution >= 0.6 is 30.4 Å². The van der Waals surface area contributed by atoms with Gasteiger partial charge in [-0.15, -0.1) is 0 Å². The Kier molecular flexibility index (Phi) is 51.4.